The van der Waals surface area contributed by atoms with Gasteiger partial charge in [-0.05, 0) is 60.2 Å². The lowest BCUT2D eigenvalue weighted by atomic mass is 10.2. The van der Waals surface area contributed by atoms with Gasteiger partial charge in [-0.1, -0.05) is 29.8 Å². The Morgan fingerprint density at radius 2 is 1.74 bits per heavy atom. The van der Waals surface area contributed by atoms with Crippen molar-refractivity contribution in [3.8, 4) is 5.75 Å². The third kappa shape index (κ3) is 5.39. The van der Waals surface area contributed by atoms with Crippen LogP contribution in [0.25, 0.3) is 0 Å². The third-order valence-corrected chi connectivity index (χ3v) is 4.09. The summed E-state index contributed by atoms with van der Waals surface area (Å²) in [6.45, 7) is 0.376. The number of rotatable bonds is 6. The first kappa shape index (κ1) is 18.6. The Balaban J connectivity index is 1.52. The Bertz CT molecular complexity index is 941. The maximum Gasteiger partial charge on any atom is 0.271 e. The lowest BCUT2D eigenvalue weighted by molar-refractivity contribution is 0.0955. The summed E-state index contributed by atoms with van der Waals surface area (Å²) in [5.74, 6) is -0.111. The van der Waals surface area contributed by atoms with Gasteiger partial charge in [-0.15, -0.1) is 0 Å². The fraction of sp³-hybridized carbons (Fsp3) is 0.0476. The molecule has 0 unspecified atom stereocenters. The van der Waals surface area contributed by atoms with Gasteiger partial charge in [0.05, 0.1) is 6.21 Å². The van der Waals surface area contributed by atoms with Crippen LogP contribution in [0, 0.1) is 5.82 Å². The van der Waals surface area contributed by atoms with Gasteiger partial charge in [0.1, 0.15) is 18.2 Å². The molecule has 0 radical (unpaired) electrons. The molecule has 3 aromatic rings. The maximum absolute atomic E-state index is 12.8. The lowest BCUT2D eigenvalue weighted by Crippen LogP contribution is -2.17. The molecule has 0 spiro atoms. The average molecular weight is 383 g/mol. The van der Waals surface area contributed by atoms with Crippen molar-refractivity contribution in [2.45, 2.75) is 6.61 Å². The number of benzene rings is 3. The van der Waals surface area contributed by atoms with Gasteiger partial charge in [-0.3, -0.25) is 4.79 Å². The minimum absolute atomic E-state index is 0.330. The summed E-state index contributed by atoms with van der Waals surface area (Å²) in [6.07, 6.45) is 1.51. The second kappa shape index (κ2) is 8.96. The van der Waals surface area contributed by atoms with E-state index in [4.69, 9.17) is 16.3 Å². The molecule has 0 fully saturated rings. The second-order valence-corrected chi connectivity index (χ2v) is 6.06. The van der Waals surface area contributed by atoms with E-state index >= 15 is 0 Å². The lowest BCUT2D eigenvalue weighted by Gasteiger charge is -2.07. The predicted molar refractivity (Wildman–Crippen MR) is 104 cm³/mol. The molecule has 0 bridgehead atoms. The minimum atomic E-state index is -0.411. The molecule has 3 rings (SSSR count). The van der Waals surface area contributed by atoms with Crippen LogP contribution in [0.4, 0.5) is 4.39 Å². The van der Waals surface area contributed by atoms with Crippen LogP contribution in [0.1, 0.15) is 21.5 Å². The van der Waals surface area contributed by atoms with Crippen LogP contribution in [0.2, 0.25) is 5.02 Å². The number of ether oxygens (including phenoxy) is 1. The van der Waals surface area contributed by atoms with E-state index in [0.29, 0.717) is 22.9 Å². The van der Waals surface area contributed by atoms with Crippen LogP contribution in [-0.4, -0.2) is 12.1 Å². The van der Waals surface area contributed by atoms with Crippen molar-refractivity contribution in [3.05, 3.63) is 100 Å². The molecule has 0 aliphatic carbocycles. The monoisotopic (exact) mass is 382 g/mol. The van der Waals surface area contributed by atoms with Crippen molar-refractivity contribution in [3.63, 3.8) is 0 Å². The van der Waals surface area contributed by atoms with Crippen LogP contribution in [-0.2, 0) is 6.61 Å². The highest BCUT2D eigenvalue weighted by atomic mass is 35.5. The van der Waals surface area contributed by atoms with Crippen LogP contribution in [0.5, 0.6) is 5.75 Å². The van der Waals surface area contributed by atoms with Crippen LogP contribution in [0.15, 0.2) is 77.9 Å². The standard InChI is InChI=1S/C21H16ClFN2O2/c22-20-4-2-1-3-17(20)14-27-19-11-5-15(6-12-19)13-24-25-21(26)16-7-9-18(23)10-8-16/h1-13H,14H2,(H,25,26). The van der Waals surface area contributed by atoms with E-state index in [9.17, 15) is 9.18 Å². The highest BCUT2D eigenvalue weighted by molar-refractivity contribution is 6.31. The number of hydrogen-bond acceptors (Lipinski definition) is 3. The molecule has 136 valence electrons. The quantitative estimate of drug-likeness (QED) is 0.490. The number of hydrogen-bond donors (Lipinski definition) is 1. The number of carbonyl (C=O) groups is 1. The van der Waals surface area contributed by atoms with Crippen LogP contribution in [0.3, 0.4) is 0 Å². The highest BCUT2D eigenvalue weighted by Gasteiger charge is 2.04. The summed E-state index contributed by atoms with van der Waals surface area (Å²) < 4.78 is 18.6. The number of amides is 1. The molecule has 4 nitrogen and oxygen atoms in total. The van der Waals surface area contributed by atoms with E-state index in [-0.39, 0.29) is 0 Å². The fourth-order valence-corrected chi connectivity index (χ4v) is 2.45. The molecule has 0 atom stereocenters. The smallest absolute Gasteiger partial charge is 0.271 e. The summed E-state index contributed by atoms with van der Waals surface area (Å²) in [5.41, 5.74) is 4.43. The summed E-state index contributed by atoms with van der Waals surface area (Å²) >= 11 is 6.10. The van der Waals surface area contributed by atoms with Gasteiger partial charge in [-0.2, -0.15) is 5.10 Å². The molecule has 27 heavy (non-hydrogen) atoms. The predicted octanol–water partition coefficient (Wildman–Crippen LogP) is 4.82. The summed E-state index contributed by atoms with van der Waals surface area (Å²) in [7, 11) is 0. The van der Waals surface area contributed by atoms with E-state index in [1.54, 1.807) is 12.1 Å². The zero-order valence-electron chi connectivity index (χ0n) is 14.2. The molecule has 6 heteroatoms. The SMILES string of the molecule is O=C(NN=Cc1ccc(OCc2ccccc2Cl)cc1)c1ccc(F)cc1. The van der Waals surface area contributed by atoms with Crippen molar-refractivity contribution in [2.75, 3.05) is 0 Å². The molecule has 0 aliphatic rings. The summed E-state index contributed by atoms with van der Waals surface area (Å²) in [6, 6.07) is 20.0. The van der Waals surface area contributed by atoms with Gasteiger partial charge >= 0.3 is 0 Å². The Labute approximate surface area is 161 Å². The molecule has 0 aliphatic heterocycles. The number of carbonyl (C=O) groups excluding carboxylic acids is 1. The molecular weight excluding hydrogens is 367 g/mol. The van der Waals surface area contributed by atoms with Gasteiger partial charge in [0.2, 0.25) is 0 Å². The van der Waals surface area contributed by atoms with Gasteiger partial charge in [0.15, 0.2) is 0 Å². The Morgan fingerprint density at radius 1 is 1.04 bits per heavy atom. The first-order valence-electron chi connectivity index (χ1n) is 8.17. The first-order chi connectivity index (χ1) is 13.1. The Kier molecular flexibility index (Phi) is 6.18. The normalized spacial score (nSPS) is 10.7. The molecule has 1 amide bonds. The Morgan fingerprint density at radius 3 is 2.44 bits per heavy atom. The van der Waals surface area contributed by atoms with Crippen LogP contribution >= 0.6 is 11.6 Å². The number of nitrogens with zero attached hydrogens (tertiary/aromatic N) is 1. The molecule has 0 saturated heterocycles. The van der Waals surface area contributed by atoms with Crippen molar-refractivity contribution >= 4 is 23.7 Å². The molecular formula is C21H16ClFN2O2. The topological polar surface area (TPSA) is 50.7 Å². The van der Waals surface area contributed by atoms with E-state index < -0.39 is 11.7 Å². The maximum atomic E-state index is 12.8. The molecule has 0 saturated carbocycles. The zero-order chi connectivity index (χ0) is 19.1. The highest BCUT2D eigenvalue weighted by Crippen LogP contribution is 2.18. The third-order valence-electron chi connectivity index (χ3n) is 3.72. The largest absolute Gasteiger partial charge is 0.489 e. The van der Waals surface area contributed by atoms with E-state index in [1.165, 1.54) is 30.5 Å². The van der Waals surface area contributed by atoms with Gasteiger partial charge < -0.3 is 4.74 Å². The summed E-state index contributed by atoms with van der Waals surface area (Å²) in [5, 5.41) is 4.56. The molecule has 0 aromatic heterocycles. The molecule has 0 heterocycles. The zero-order valence-corrected chi connectivity index (χ0v) is 15.0. The van der Waals surface area contributed by atoms with Crippen molar-refractivity contribution < 1.29 is 13.9 Å². The van der Waals surface area contributed by atoms with E-state index in [0.717, 1.165) is 11.1 Å². The van der Waals surface area contributed by atoms with Crippen molar-refractivity contribution in [2.24, 2.45) is 5.10 Å². The van der Waals surface area contributed by atoms with Crippen molar-refractivity contribution in [1.82, 2.24) is 5.43 Å². The number of hydrazone groups is 1. The Hall–Kier alpha value is -3.18. The fourth-order valence-electron chi connectivity index (χ4n) is 2.26. The van der Waals surface area contributed by atoms with E-state index in [1.807, 2.05) is 36.4 Å². The van der Waals surface area contributed by atoms with Gasteiger partial charge in [-0.25, -0.2) is 9.82 Å². The average Bonchev–Trinajstić information content (AvgIpc) is 2.69. The molecule has 3 aromatic carbocycles. The van der Waals surface area contributed by atoms with E-state index in [2.05, 4.69) is 10.5 Å². The van der Waals surface area contributed by atoms with Gasteiger partial charge in [0, 0.05) is 16.1 Å². The first-order valence-corrected chi connectivity index (χ1v) is 8.55. The minimum Gasteiger partial charge on any atom is -0.489 e. The van der Waals surface area contributed by atoms with Crippen LogP contribution < -0.4 is 10.2 Å². The number of nitrogens with one attached hydrogen (secondary N) is 1. The van der Waals surface area contributed by atoms with Gasteiger partial charge in [0.25, 0.3) is 5.91 Å². The summed E-state index contributed by atoms with van der Waals surface area (Å²) in [4.78, 5) is 11.9. The second-order valence-electron chi connectivity index (χ2n) is 5.66. The molecule has 1 N–H and O–H groups in total. The van der Waals surface area contributed by atoms with Crippen molar-refractivity contribution in [1.29, 1.82) is 0 Å². The number of halogens is 2.